The first kappa shape index (κ1) is 12.8. The van der Waals surface area contributed by atoms with Gasteiger partial charge >= 0.3 is 6.18 Å². The third-order valence-electron chi connectivity index (χ3n) is 2.10. The van der Waals surface area contributed by atoms with Crippen LogP contribution >= 0.6 is 0 Å². The van der Waals surface area contributed by atoms with Crippen LogP contribution in [0, 0.1) is 0 Å². The summed E-state index contributed by atoms with van der Waals surface area (Å²) in [5.74, 6) is 0.0428. The predicted octanol–water partition coefficient (Wildman–Crippen LogP) is 1.74. The Morgan fingerprint density at radius 2 is 2.00 bits per heavy atom. The maximum Gasteiger partial charge on any atom is 0.416 e. The Bertz CT molecular complexity index is 363. The molecule has 0 saturated carbocycles. The summed E-state index contributed by atoms with van der Waals surface area (Å²) in [5, 5.41) is 17.9. The van der Waals surface area contributed by atoms with Crippen molar-refractivity contribution in [2.75, 3.05) is 13.7 Å². The summed E-state index contributed by atoms with van der Waals surface area (Å²) in [6.07, 6.45) is -6.15. The van der Waals surface area contributed by atoms with E-state index in [-0.39, 0.29) is 11.3 Å². The Labute approximate surface area is 90.1 Å². The lowest BCUT2D eigenvalue weighted by Crippen LogP contribution is -2.14. The summed E-state index contributed by atoms with van der Waals surface area (Å²) in [7, 11) is 1.25. The fraction of sp³-hybridized carbons (Fsp3) is 0.400. The van der Waals surface area contributed by atoms with Gasteiger partial charge in [0, 0.05) is 0 Å². The molecule has 2 N–H and O–H groups in total. The van der Waals surface area contributed by atoms with Gasteiger partial charge in [-0.3, -0.25) is 0 Å². The highest BCUT2D eigenvalue weighted by atomic mass is 19.4. The third-order valence-corrected chi connectivity index (χ3v) is 2.10. The zero-order valence-corrected chi connectivity index (χ0v) is 8.45. The van der Waals surface area contributed by atoms with E-state index in [2.05, 4.69) is 4.74 Å². The van der Waals surface area contributed by atoms with Crippen LogP contribution in [0.15, 0.2) is 18.2 Å². The summed E-state index contributed by atoms with van der Waals surface area (Å²) in [4.78, 5) is 0. The second-order valence-corrected chi connectivity index (χ2v) is 3.15. The van der Waals surface area contributed by atoms with Crippen LogP contribution in [-0.4, -0.2) is 23.9 Å². The maximum atomic E-state index is 12.6. The van der Waals surface area contributed by atoms with E-state index in [0.29, 0.717) is 0 Å². The fourth-order valence-corrected chi connectivity index (χ4v) is 1.30. The molecule has 0 aliphatic heterocycles. The van der Waals surface area contributed by atoms with Crippen LogP contribution in [0.2, 0.25) is 0 Å². The van der Waals surface area contributed by atoms with Crippen molar-refractivity contribution in [3.05, 3.63) is 29.3 Å². The Morgan fingerprint density at radius 1 is 1.38 bits per heavy atom. The van der Waals surface area contributed by atoms with Gasteiger partial charge in [-0.25, -0.2) is 0 Å². The molecule has 0 spiro atoms. The molecule has 0 aromatic heterocycles. The van der Waals surface area contributed by atoms with Crippen molar-refractivity contribution in [3.8, 4) is 5.75 Å². The molecule has 1 atom stereocenters. The van der Waals surface area contributed by atoms with E-state index in [1.165, 1.54) is 13.2 Å². The Hall–Kier alpha value is -1.27. The van der Waals surface area contributed by atoms with Crippen molar-refractivity contribution in [1.82, 2.24) is 0 Å². The molecule has 0 amide bonds. The summed E-state index contributed by atoms with van der Waals surface area (Å²) in [6, 6.07) is 3.17. The zero-order chi connectivity index (χ0) is 12.3. The average molecular weight is 236 g/mol. The molecule has 0 fully saturated rings. The molecule has 0 radical (unpaired) electrons. The smallest absolute Gasteiger partial charge is 0.416 e. The average Bonchev–Trinajstić information content (AvgIpc) is 2.26. The second-order valence-electron chi connectivity index (χ2n) is 3.15. The molecule has 0 aliphatic rings. The normalized spacial score (nSPS) is 13.6. The van der Waals surface area contributed by atoms with E-state index < -0.39 is 24.5 Å². The van der Waals surface area contributed by atoms with Gasteiger partial charge in [-0.05, 0) is 17.7 Å². The van der Waals surface area contributed by atoms with Gasteiger partial charge in [-0.1, -0.05) is 6.07 Å². The van der Waals surface area contributed by atoms with E-state index in [1.807, 2.05) is 0 Å². The standard InChI is InChI=1S/C10H11F3O3/c1-16-6-2-3-7(9(15)5-14)8(4-6)10(11,12)13/h2-4,9,14-15H,5H2,1H3. The molecular weight excluding hydrogens is 225 g/mol. The molecule has 0 aliphatic carbocycles. The number of rotatable bonds is 3. The summed E-state index contributed by atoms with van der Waals surface area (Å²) < 4.78 is 42.5. The Morgan fingerprint density at radius 3 is 2.44 bits per heavy atom. The summed E-state index contributed by atoms with van der Waals surface area (Å²) in [6.45, 7) is -0.768. The number of ether oxygens (including phenoxy) is 1. The second kappa shape index (κ2) is 4.71. The van der Waals surface area contributed by atoms with E-state index in [4.69, 9.17) is 5.11 Å². The van der Waals surface area contributed by atoms with Crippen LogP contribution in [0.25, 0.3) is 0 Å². The Kier molecular flexibility index (Phi) is 3.77. The molecule has 90 valence electrons. The number of halogens is 3. The lowest BCUT2D eigenvalue weighted by atomic mass is 10.0. The van der Waals surface area contributed by atoms with Crippen molar-refractivity contribution >= 4 is 0 Å². The summed E-state index contributed by atoms with van der Waals surface area (Å²) in [5.41, 5.74) is -1.37. The molecule has 6 heteroatoms. The number of aliphatic hydroxyl groups is 2. The van der Waals surface area contributed by atoms with E-state index in [9.17, 15) is 18.3 Å². The highest BCUT2D eigenvalue weighted by molar-refractivity contribution is 5.38. The first-order valence-corrected chi connectivity index (χ1v) is 4.44. The van der Waals surface area contributed by atoms with E-state index >= 15 is 0 Å². The molecule has 1 aromatic carbocycles. The van der Waals surface area contributed by atoms with E-state index in [1.54, 1.807) is 0 Å². The SMILES string of the molecule is COc1ccc(C(O)CO)c(C(F)(F)F)c1. The van der Waals surface area contributed by atoms with E-state index in [0.717, 1.165) is 12.1 Å². The highest BCUT2D eigenvalue weighted by Gasteiger charge is 2.35. The topological polar surface area (TPSA) is 49.7 Å². The molecule has 1 aromatic rings. The number of benzene rings is 1. The van der Waals surface area contributed by atoms with Crippen LogP contribution in [0.1, 0.15) is 17.2 Å². The molecule has 1 rings (SSSR count). The van der Waals surface area contributed by atoms with Gasteiger partial charge in [0.2, 0.25) is 0 Å². The van der Waals surface area contributed by atoms with Crippen molar-refractivity contribution in [2.24, 2.45) is 0 Å². The van der Waals surface area contributed by atoms with Gasteiger partial charge in [0.1, 0.15) is 11.9 Å². The monoisotopic (exact) mass is 236 g/mol. The number of hydrogen-bond donors (Lipinski definition) is 2. The molecule has 0 saturated heterocycles. The summed E-state index contributed by atoms with van der Waals surface area (Å²) >= 11 is 0. The van der Waals surface area contributed by atoms with Crippen LogP contribution in [0.5, 0.6) is 5.75 Å². The van der Waals surface area contributed by atoms with Gasteiger partial charge < -0.3 is 14.9 Å². The number of alkyl halides is 3. The molecule has 0 heterocycles. The van der Waals surface area contributed by atoms with Crippen LogP contribution < -0.4 is 4.74 Å². The minimum Gasteiger partial charge on any atom is -0.497 e. The van der Waals surface area contributed by atoms with Crippen LogP contribution in [0.3, 0.4) is 0 Å². The molecular formula is C10H11F3O3. The van der Waals surface area contributed by atoms with Gasteiger partial charge in [0.05, 0.1) is 19.3 Å². The Balaban J connectivity index is 3.27. The number of aliphatic hydroxyl groups excluding tert-OH is 2. The number of hydrogen-bond acceptors (Lipinski definition) is 3. The van der Waals surface area contributed by atoms with Crippen molar-refractivity contribution in [2.45, 2.75) is 12.3 Å². The minimum absolute atomic E-state index is 0.0428. The quantitative estimate of drug-likeness (QED) is 0.840. The number of methoxy groups -OCH3 is 1. The van der Waals surface area contributed by atoms with Gasteiger partial charge in [0.25, 0.3) is 0 Å². The van der Waals surface area contributed by atoms with Crippen molar-refractivity contribution < 1.29 is 28.1 Å². The zero-order valence-electron chi connectivity index (χ0n) is 8.45. The van der Waals surface area contributed by atoms with Crippen molar-refractivity contribution in [1.29, 1.82) is 0 Å². The van der Waals surface area contributed by atoms with Crippen LogP contribution in [-0.2, 0) is 6.18 Å². The molecule has 0 bridgehead atoms. The van der Waals surface area contributed by atoms with Gasteiger partial charge in [-0.2, -0.15) is 13.2 Å². The largest absolute Gasteiger partial charge is 0.497 e. The molecule has 16 heavy (non-hydrogen) atoms. The predicted molar refractivity (Wildman–Crippen MR) is 50.0 cm³/mol. The first-order valence-electron chi connectivity index (χ1n) is 4.44. The molecule has 3 nitrogen and oxygen atoms in total. The lowest BCUT2D eigenvalue weighted by molar-refractivity contribution is -0.139. The lowest BCUT2D eigenvalue weighted by Gasteiger charge is -2.16. The third kappa shape index (κ3) is 2.65. The molecule has 1 unspecified atom stereocenters. The van der Waals surface area contributed by atoms with Crippen LogP contribution in [0.4, 0.5) is 13.2 Å². The minimum atomic E-state index is -4.60. The highest BCUT2D eigenvalue weighted by Crippen LogP contribution is 2.36. The maximum absolute atomic E-state index is 12.6. The van der Waals surface area contributed by atoms with Crippen molar-refractivity contribution in [3.63, 3.8) is 0 Å². The van der Waals surface area contributed by atoms with Gasteiger partial charge in [0.15, 0.2) is 0 Å². The van der Waals surface area contributed by atoms with Gasteiger partial charge in [-0.15, -0.1) is 0 Å². The first-order chi connectivity index (χ1) is 7.40. The fourth-order valence-electron chi connectivity index (χ4n) is 1.30.